The second-order valence-corrected chi connectivity index (χ2v) is 2.94. The summed E-state index contributed by atoms with van der Waals surface area (Å²) in [7, 11) is -9.78. The summed E-state index contributed by atoms with van der Waals surface area (Å²) in [4.78, 5) is 45.8. The van der Waals surface area contributed by atoms with Crippen LogP contribution in [0.1, 0.15) is 0 Å². The minimum atomic E-state index is -4.89. The van der Waals surface area contributed by atoms with E-state index in [-0.39, 0.29) is 28.0 Å². The van der Waals surface area contributed by atoms with E-state index in [0.29, 0.717) is 0 Å². The van der Waals surface area contributed by atoms with Crippen molar-refractivity contribution in [3.05, 3.63) is 0 Å². The Morgan fingerprint density at radius 2 is 0.769 bits per heavy atom. The van der Waals surface area contributed by atoms with Gasteiger partial charge in [-0.3, -0.25) is 9.13 Å². The second kappa shape index (κ2) is 10.7. The summed E-state index contributed by atoms with van der Waals surface area (Å²) in [6.45, 7) is 0. The van der Waals surface area contributed by atoms with E-state index in [2.05, 4.69) is 0 Å². The van der Waals surface area contributed by atoms with Crippen LogP contribution in [0.3, 0.4) is 0 Å². The Kier molecular flexibility index (Phi) is 24.1. The molecule has 0 saturated heterocycles. The van der Waals surface area contributed by atoms with E-state index >= 15 is 0 Å². The molecule has 0 spiro atoms. The Hall–Kier alpha value is 0.659. The number of rotatable bonds is 0. The summed E-state index contributed by atoms with van der Waals surface area (Å²) in [5, 5.41) is 0. The first-order valence-corrected chi connectivity index (χ1v) is 4.59. The molecule has 13 heteroatoms. The zero-order chi connectivity index (χ0) is 9.00. The molecule has 0 bridgehead atoms. The molecular weight excluding hydrogens is 277 g/mol. The van der Waals surface area contributed by atoms with Gasteiger partial charge in [0.2, 0.25) is 0 Å². The van der Waals surface area contributed by atoms with Crippen LogP contribution in [0.2, 0.25) is 0 Å². The third kappa shape index (κ3) is 3310. The maximum absolute atomic E-state index is 8.77. The van der Waals surface area contributed by atoms with Crippen LogP contribution in [0.4, 0.5) is 0 Å². The molecule has 0 aliphatic rings. The molecule has 0 aliphatic carbocycles. The molecule has 85 valence electrons. The Morgan fingerprint density at radius 3 is 0.769 bits per heavy atom. The first kappa shape index (κ1) is 29.2. The maximum atomic E-state index is 8.77. The Balaban J connectivity index is -0.0000000267. The van der Waals surface area contributed by atoms with Crippen LogP contribution in [-0.2, 0) is 26.2 Å². The third-order valence-electron chi connectivity index (χ3n) is 0. The third-order valence-corrected chi connectivity index (χ3v) is 0. The molecule has 0 aromatic heterocycles. The van der Waals surface area contributed by atoms with E-state index < -0.39 is 15.6 Å². The molecule has 0 fully saturated rings. The van der Waals surface area contributed by atoms with Gasteiger partial charge in [0.15, 0.2) is 0 Å². The van der Waals surface area contributed by atoms with Gasteiger partial charge in [0.1, 0.15) is 0 Å². The number of hydrogen-bond donors (Lipinski definition) is 4. The molecule has 0 unspecified atom stereocenters. The van der Waals surface area contributed by atoms with E-state index in [1.807, 2.05) is 0 Å². The normalized spacial score (nSPS) is 9.08. The molecule has 0 amide bonds. The minimum absolute atomic E-state index is 0. The van der Waals surface area contributed by atoms with Crippen molar-refractivity contribution in [1.82, 2.24) is 0 Å². The molecule has 1 radical (unpaired) electrons. The molecule has 0 heterocycles. The van der Waals surface area contributed by atoms with E-state index in [1.165, 1.54) is 0 Å². The van der Waals surface area contributed by atoms with E-state index in [1.54, 1.807) is 0 Å². The first-order chi connectivity index (χ1) is 4.00. The standard InChI is InChI=1S/Mn.2H3O4P.2H2O/c;2*1-5(2,3)4;;/h;2*(H3,1,2,3,4);2*1H2/q+2;;;;/p-2. The summed E-state index contributed by atoms with van der Waals surface area (Å²) in [5.74, 6) is 0. The van der Waals surface area contributed by atoms with Crippen molar-refractivity contribution in [1.29, 1.82) is 0 Å². The van der Waals surface area contributed by atoms with Crippen LogP contribution in [0.15, 0.2) is 0 Å². The average Bonchev–Trinajstić information content (AvgIpc) is 1.12. The van der Waals surface area contributed by atoms with Gasteiger partial charge in [0.25, 0.3) is 15.6 Å². The molecular formula is H8MnO10P2. The van der Waals surface area contributed by atoms with E-state index in [0.717, 1.165) is 0 Å². The summed E-state index contributed by atoms with van der Waals surface area (Å²) in [6, 6.07) is 0. The van der Waals surface area contributed by atoms with Crippen LogP contribution in [0.25, 0.3) is 0 Å². The van der Waals surface area contributed by atoms with Gasteiger partial charge in [0, 0.05) is 0 Å². The van der Waals surface area contributed by atoms with E-state index in [4.69, 9.17) is 38.5 Å². The van der Waals surface area contributed by atoms with Gasteiger partial charge in [-0.1, -0.05) is 0 Å². The van der Waals surface area contributed by atoms with Gasteiger partial charge in [-0.25, -0.2) is 0 Å². The summed E-state index contributed by atoms with van der Waals surface area (Å²) >= 11 is 0. The molecule has 8 N–H and O–H groups in total. The number of phosphoric acid groups is 2. The van der Waals surface area contributed by atoms with Crippen LogP contribution in [-0.4, -0.2) is 30.5 Å². The topological polar surface area (TPSA) is 224 Å². The Labute approximate surface area is 82.8 Å². The average molecular weight is 285 g/mol. The molecule has 10 nitrogen and oxygen atoms in total. The summed E-state index contributed by atoms with van der Waals surface area (Å²) < 4.78 is 17.5. The van der Waals surface area contributed by atoms with Crippen molar-refractivity contribution in [2.45, 2.75) is 0 Å². The van der Waals surface area contributed by atoms with Crippen LogP contribution in [0, 0.1) is 0 Å². The summed E-state index contributed by atoms with van der Waals surface area (Å²) in [5.41, 5.74) is 0. The predicted octanol–water partition coefficient (Wildman–Crippen LogP) is -4.77. The van der Waals surface area contributed by atoms with Crippen LogP contribution >= 0.6 is 15.6 Å². The molecule has 0 aliphatic heterocycles. The van der Waals surface area contributed by atoms with Crippen LogP contribution in [0.5, 0.6) is 0 Å². The summed E-state index contributed by atoms with van der Waals surface area (Å²) in [6.07, 6.45) is 0. The van der Waals surface area contributed by atoms with E-state index in [9.17, 15) is 0 Å². The SMILES string of the molecule is O.O.O=P([O-])(O)O.O=P([O-])(O)O.[Mn+2]. The molecule has 13 heavy (non-hydrogen) atoms. The van der Waals surface area contributed by atoms with Gasteiger partial charge in [-0.2, -0.15) is 0 Å². The zero-order valence-corrected chi connectivity index (χ0v) is 8.66. The van der Waals surface area contributed by atoms with Crippen molar-refractivity contribution >= 4 is 15.6 Å². The Bertz CT molecular complexity index is 125. The maximum Gasteiger partial charge on any atom is 2.00 e. The minimum Gasteiger partial charge on any atom is -0.756 e. The fourth-order valence-corrected chi connectivity index (χ4v) is 0. The van der Waals surface area contributed by atoms with Crippen LogP contribution < -0.4 is 9.79 Å². The zero-order valence-electron chi connectivity index (χ0n) is 5.69. The molecule has 0 saturated carbocycles. The molecule has 0 atom stereocenters. The largest absolute Gasteiger partial charge is 2.00 e. The predicted molar refractivity (Wildman–Crippen MR) is 31.3 cm³/mol. The smallest absolute Gasteiger partial charge is 0.756 e. The van der Waals surface area contributed by atoms with Gasteiger partial charge in [0.05, 0.1) is 0 Å². The molecule has 0 aromatic carbocycles. The molecule has 0 rings (SSSR count). The van der Waals surface area contributed by atoms with Gasteiger partial charge in [-0.05, 0) is 0 Å². The monoisotopic (exact) mass is 285 g/mol. The molecule has 0 aromatic rings. The Morgan fingerprint density at radius 1 is 0.769 bits per heavy atom. The van der Waals surface area contributed by atoms with Crippen molar-refractivity contribution in [2.75, 3.05) is 0 Å². The van der Waals surface area contributed by atoms with Crippen molar-refractivity contribution in [2.24, 2.45) is 0 Å². The van der Waals surface area contributed by atoms with Crippen molar-refractivity contribution < 1.29 is 66.5 Å². The van der Waals surface area contributed by atoms with Gasteiger partial charge in [-0.15, -0.1) is 0 Å². The van der Waals surface area contributed by atoms with Crippen molar-refractivity contribution in [3.8, 4) is 0 Å². The fourth-order valence-electron chi connectivity index (χ4n) is 0. The number of hydrogen-bond acceptors (Lipinski definition) is 4. The second-order valence-electron chi connectivity index (χ2n) is 0.981. The van der Waals surface area contributed by atoms with Gasteiger partial charge < -0.3 is 40.3 Å². The first-order valence-electron chi connectivity index (χ1n) is 1.53. The van der Waals surface area contributed by atoms with Gasteiger partial charge >= 0.3 is 17.1 Å². The quantitative estimate of drug-likeness (QED) is 0.249. The fraction of sp³-hybridized carbons (Fsp3) is 0. The van der Waals surface area contributed by atoms with Crippen molar-refractivity contribution in [3.63, 3.8) is 0 Å².